The van der Waals surface area contributed by atoms with Crippen LogP contribution < -0.4 is 4.90 Å². The summed E-state index contributed by atoms with van der Waals surface area (Å²) in [7, 11) is 0. The molecule has 0 N–H and O–H groups in total. The Kier molecular flexibility index (Phi) is 7.16. The van der Waals surface area contributed by atoms with Crippen molar-refractivity contribution in [3.05, 3.63) is 30.3 Å². The SMILES string of the molecule is CC(=O)N(c1ccccc1)C1CC2CCCC(C1)N2CC1CC2CCCC(C1)C(C)CC2C. The summed E-state index contributed by atoms with van der Waals surface area (Å²) in [5.74, 6) is 4.79. The molecule has 1 amide bonds. The number of piperidine rings is 2. The van der Waals surface area contributed by atoms with E-state index in [1.165, 1.54) is 64.3 Å². The molecule has 1 aromatic carbocycles. The molecule has 0 aromatic heterocycles. The van der Waals surface area contributed by atoms with E-state index >= 15 is 0 Å². The molecular formula is C30H46N2O. The fourth-order valence-electron chi connectivity index (χ4n) is 8.48. The number of para-hydroxylation sites is 1. The van der Waals surface area contributed by atoms with Crippen molar-refractivity contribution in [3.8, 4) is 0 Å². The number of benzene rings is 1. The summed E-state index contributed by atoms with van der Waals surface area (Å²) < 4.78 is 0. The zero-order chi connectivity index (χ0) is 22.9. The van der Waals surface area contributed by atoms with Crippen molar-refractivity contribution in [1.82, 2.24) is 4.90 Å². The molecule has 2 saturated heterocycles. The summed E-state index contributed by atoms with van der Waals surface area (Å²) in [4.78, 5) is 17.8. The molecule has 6 atom stereocenters. The second kappa shape index (κ2) is 10.1. The fraction of sp³-hybridized carbons (Fsp3) is 0.767. The monoisotopic (exact) mass is 450 g/mol. The third-order valence-electron chi connectivity index (χ3n) is 10.1. The van der Waals surface area contributed by atoms with Crippen LogP contribution in [0.2, 0.25) is 0 Å². The van der Waals surface area contributed by atoms with Crippen LogP contribution in [0.25, 0.3) is 0 Å². The van der Waals surface area contributed by atoms with Gasteiger partial charge >= 0.3 is 0 Å². The highest BCUT2D eigenvalue weighted by molar-refractivity contribution is 5.92. The molecule has 6 unspecified atom stereocenters. The number of hydrogen-bond donors (Lipinski definition) is 0. The molecule has 2 aliphatic heterocycles. The van der Waals surface area contributed by atoms with Gasteiger partial charge in [0.2, 0.25) is 5.91 Å². The first kappa shape index (κ1) is 23.4. The Labute approximate surface area is 202 Å². The van der Waals surface area contributed by atoms with Crippen LogP contribution in [-0.4, -0.2) is 35.5 Å². The predicted octanol–water partition coefficient (Wildman–Crippen LogP) is 6.91. The lowest BCUT2D eigenvalue weighted by atomic mass is 9.65. The smallest absolute Gasteiger partial charge is 0.224 e. The standard InChI is InChI=1S/C30H46N2O/c1-21-15-22(2)26-10-7-9-25(21)16-24(17-26)20-31-28-13-8-14-29(31)19-30(18-28)32(23(3)33)27-11-5-4-6-12-27/h4-6,11-12,21-22,24-26,28-30H,7-10,13-20H2,1-3H3. The third-order valence-corrected chi connectivity index (χ3v) is 10.1. The van der Waals surface area contributed by atoms with Crippen LogP contribution >= 0.6 is 0 Å². The summed E-state index contributed by atoms with van der Waals surface area (Å²) in [5.41, 5.74) is 1.08. The molecule has 5 aliphatic rings. The van der Waals surface area contributed by atoms with Crippen LogP contribution in [0.1, 0.15) is 91.4 Å². The van der Waals surface area contributed by atoms with E-state index in [0.717, 1.165) is 48.1 Å². The van der Waals surface area contributed by atoms with Crippen molar-refractivity contribution in [1.29, 1.82) is 0 Å². The van der Waals surface area contributed by atoms with Gasteiger partial charge in [-0.25, -0.2) is 0 Å². The number of rotatable bonds is 4. The molecular weight excluding hydrogens is 404 g/mol. The van der Waals surface area contributed by atoms with Gasteiger partial charge in [0, 0.05) is 37.3 Å². The lowest BCUT2D eigenvalue weighted by molar-refractivity contribution is -0.117. The van der Waals surface area contributed by atoms with E-state index in [1.54, 1.807) is 6.92 Å². The van der Waals surface area contributed by atoms with Gasteiger partial charge in [0.05, 0.1) is 0 Å². The van der Waals surface area contributed by atoms with E-state index in [-0.39, 0.29) is 5.91 Å². The highest BCUT2D eigenvalue weighted by Gasteiger charge is 2.43. The van der Waals surface area contributed by atoms with Gasteiger partial charge in [-0.2, -0.15) is 0 Å². The van der Waals surface area contributed by atoms with Gasteiger partial charge in [-0.05, 0) is 86.7 Å². The average molecular weight is 451 g/mol. The molecule has 0 spiro atoms. The lowest BCUT2D eigenvalue weighted by Crippen LogP contribution is -2.59. The average Bonchev–Trinajstić information content (AvgIpc) is 2.75. The van der Waals surface area contributed by atoms with Gasteiger partial charge in [0.1, 0.15) is 0 Å². The first-order valence-corrected chi connectivity index (χ1v) is 14.1. The van der Waals surface area contributed by atoms with Gasteiger partial charge in [-0.1, -0.05) is 57.7 Å². The largest absolute Gasteiger partial charge is 0.309 e. The summed E-state index contributed by atoms with van der Waals surface area (Å²) in [6, 6.07) is 12.1. The Morgan fingerprint density at radius 2 is 1.42 bits per heavy atom. The Morgan fingerprint density at radius 1 is 0.848 bits per heavy atom. The van der Waals surface area contributed by atoms with Crippen LogP contribution in [0.4, 0.5) is 5.69 Å². The van der Waals surface area contributed by atoms with E-state index in [4.69, 9.17) is 0 Å². The molecule has 182 valence electrons. The van der Waals surface area contributed by atoms with E-state index in [1.807, 2.05) is 6.07 Å². The summed E-state index contributed by atoms with van der Waals surface area (Å²) >= 11 is 0. The Morgan fingerprint density at radius 3 is 2.00 bits per heavy atom. The normalized spacial score (nSPS) is 39.4. The van der Waals surface area contributed by atoms with Crippen LogP contribution in [0.5, 0.6) is 0 Å². The predicted molar refractivity (Wildman–Crippen MR) is 137 cm³/mol. The van der Waals surface area contributed by atoms with E-state index < -0.39 is 0 Å². The first-order valence-electron chi connectivity index (χ1n) is 14.1. The zero-order valence-corrected chi connectivity index (χ0v) is 21.3. The summed E-state index contributed by atoms with van der Waals surface area (Å²) in [6.45, 7) is 8.17. The minimum Gasteiger partial charge on any atom is -0.309 e. The lowest BCUT2D eigenvalue weighted by Gasteiger charge is -2.53. The minimum absolute atomic E-state index is 0.202. The summed E-state index contributed by atoms with van der Waals surface area (Å²) in [5, 5.41) is 0. The molecule has 4 bridgehead atoms. The molecule has 0 radical (unpaired) electrons. The molecule has 3 aliphatic carbocycles. The zero-order valence-electron chi connectivity index (χ0n) is 21.3. The van der Waals surface area contributed by atoms with Gasteiger partial charge in [0.25, 0.3) is 0 Å². The van der Waals surface area contributed by atoms with Gasteiger partial charge < -0.3 is 4.90 Å². The van der Waals surface area contributed by atoms with Crippen LogP contribution in [-0.2, 0) is 4.79 Å². The Balaban J connectivity index is 1.31. The van der Waals surface area contributed by atoms with Crippen LogP contribution in [0.15, 0.2) is 30.3 Å². The second-order valence-electron chi connectivity index (χ2n) is 12.3. The number of fused-ring (bicyclic) bond motifs is 8. The quantitative estimate of drug-likeness (QED) is 0.497. The first-order chi connectivity index (χ1) is 16.0. The van der Waals surface area contributed by atoms with Crippen molar-refractivity contribution >= 4 is 11.6 Å². The topological polar surface area (TPSA) is 23.6 Å². The van der Waals surface area contributed by atoms with E-state index in [9.17, 15) is 4.79 Å². The van der Waals surface area contributed by atoms with Crippen LogP contribution in [0.3, 0.4) is 0 Å². The minimum atomic E-state index is 0.202. The number of nitrogens with zero attached hydrogens (tertiary/aromatic N) is 2. The Bertz CT molecular complexity index is 762. The fourth-order valence-corrected chi connectivity index (χ4v) is 8.48. The highest BCUT2D eigenvalue weighted by atomic mass is 16.2. The molecule has 5 fully saturated rings. The maximum atomic E-state index is 12.7. The second-order valence-corrected chi connectivity index (χ2v) is 12.3. The van der Waals surface area contributed by atoms with Crippen molar-refractivity contribution in [2.75, 3.05) is 11.4 Å². The highest BCUT2D eigenvalue weighted by Crippen LogP contribution is 2.45. The molecule has 1 aromatic rings. The van der Waals surface area contributed by atoms with Crippen molar-refractivity contribution in [2.24, 2.45) is 29.6 Å². The van der Waals surface area contributed by atoms with E-state index in [0.29, 0.717) is 18.1 Å². The molecule has 33 heavy (non-hydrogen) atoms. The van der Waals surface area contributed by atoms with Gasteiger partial charge in [-0.15, -0.1) is 0 Å². The van der Waals surface area contributed by atoms with Crippen molar-refractivity contribution < 1.29 is 4.79 Å². The molecule has 3 nitrogen and oxygen atoms in total. The molecule has 6 rings (SSSR count). The number of carbonyl (C=O) groups excluding carboxylic acids is 1. The number of anilines is 1. The van der Waals surface area contributed by atoms with Crippen molar-refractivity contribution in [3.63, 3.8) is 0 Å². The number of carbonyl (C=O) groups is 1. The number of hydrogen-bond acceptors (Lipinski definition) is 2. The molecule has 2 heterocycles. The van der Waals surface area contributed by atoms with Crippen LogP contribution in [0, 0.1) is 29.6 Å². The van der Waals surface area contributed by atoms with E-state index in [2.05, 4.69) is 47.9 Å². The summed E-state index contributed by atoms with van der Waals surface area (Å²) in [6.07, 6.45) is 15.1. The Hall–Kier alpha value is -1.35. The maximum Gasteiger partial charge on any atom is 0.224 e. The number of amides is 1. The maximum absolute atomic E-state index is 12.7. The van der Waals surface area contributed by atoms with Crippen molar-refractivity contribution in [2.45, 2.75) is 110 Å². The van der Waals surface area contributed by atoms with Gasteiger partial charge in [0.15, 0.2) is 0 Å². The van der Waals surface area contributed by atoms with Gasteiger partial charge in [-0.3, -0.25) is 9.69 Å². The molecule has 3 heteroatoms. The third kappa shape index (κ3) is 5.04. The molecule has 3 saturated carbocycles.